The van der Waals surface area contributed by atoms with E-state index in [1.165, 1.54) is 0 Å². The molecule has 0 aliphatic heterocycles. The number of nitrogens with zero attached hydrogens (tertiary/aromatic N) is 1. The second-order valence-corrected chi connectivity index (χ2v) is 6.30. The zero-order valence-electron chi connectivity index (χ0n) is 13.0. The van der Waals surface area contributed by atoms with Crippen molar-refractivity contribution in [3.05, 3.63) is 71.1 Å². The van der Waals surface area contributed by atoms with Gasteiger partial charge in [-0.15, -0.1) is 0 Å². The first kappa shape index (κ1) is 14.4. The van der Waals surface area contributed by atoms with Crippen molar-refractivity contribution in [1.29, 1.82) is 0 Å². The van der Waals surface area contributed by atoms with Crippen LogP contribution in [-0.2, 0) is 5.54 Å². The van der Waals surface area contributed by atoms with E-state index in [1.54, 1.807) is 4.74 Å². The molecule has 2 aromatic carbocycles. The molecule has 112 valence electrons. The molecule has 0 N–H and O–H groups in total. The summed E-state index contributed by atoms with van der Waals surface area (Å²) in [6.45, 7) is 6.07. The predicted octanol–water partition coefficient (Wildman–Crippen LogP) is 4.53. The van der Waals surface area contributed by atoms with Crippen LogP contribution < -0.4 is 5.63 Å². The van der Waals surface area contributed by atoms with Gasteiger partial charge in [0.1, 0.15) is 0 Å². The van der Waals surface area contributed by atoms with Crippen LogP contribution in [0.25, 0.3) is 22.4 Å². The van der Waals surface area contributed by atoms with Crippen molar-refractivity contribution in [2.24, 2.45) is 0 Å². The van der Waals surface area contributed by atoms with E-state index in [0.717, 1.165) is 16.8 Å². The van der Waals surface area contributed by atoms with Gasteiger partial charge in [-0.2, -0.15) is 4.74 Å². The van der Waals surface area contributed by atoms with E-state index in [2.05, 4.69) is 0 Å². The minimum atomic E-state index is -0.322. The molecule has 1 heterocycles. The van der Waals surface area contributed by atoms with Crippen molar-refractivity contribution in [3.63, 3.8) is 0 Å². The minimum absolute atomic E-state index is 0.306. The van der Waals surface area contributed by atoms with Crippen LogP contribution in [0.15, 0.2) is 70.0 Å². The van der Waals surface area contributed by atoms with Gasteiger partial charge in [0.2, 0.25) is 0 Å². The van der Waals surface area contributed by atoms with Gasteiger partial charge in [-0.1, -0.05) is 60.7 Å². The zero-order valence-corrected chi connectivity index (χ0v) is 13.0. The maximum atomic E-state index is 12.5. The molecule has 3 heteroatoms. The molecule has 0 saturated carbocycles. The van der Waals surface area contributed by atoms with Gasteiger partial charge in [-0.3, -0.25) is 0 Å². The number of hydrogen-bond acceptors (Lipinski definition) is 2. The van der Waals surface area contributed by atoms with Crippen molar-refractivity contribution in [1.82, 2.24) is 4.74 Å². The van der Waals surface area contributed by atoms with E-state index in [4.69, 9.17) is 4.52 Å². The summed E-state index contributed by atoms with van der Waals surface area (Å²) in [5.41, 5.74) is 2.66. The van der Waals surface area contributed by atoms with Crippen molar-refractivity contribution in [3.8, 4) is 22.4 Å². The average Bonchev–Trinajstić information content (AvgIpc) is 2.87. The average molecular weight is 293 g/mol. The second-order valence-electron chi connectivity index (χ2n) is 6.30. The maximum absolute atomic E-state index is 12.5. The zero-order chi connectivity index (χ0) is 15.7. The summed E-state index contributed by atoms with van der Waals surface area (Å²) in [6.07, 6.45) is 0. The van der Waals surface area contributed by atoms with Crippen LogP contribution in [0.1, 0.15) is 20.8 Å². The van der Waals surface area contributed by atoms with Crippen molar-refractivity contribution >= 4 is 0 Å². The normalized spacial score (nSPS) is 11.6. The Bertz CT molecular complexity index is 821. The summed E-state index contributed by atoms with van der Waals surface area (Å²) in [5.74, 6) is 0. The van der Waals surface area contributed by atoms with E-state index in [0.29, 0.717) is 5.56 Å². The number of rotatable bonds is 2. The molecule has 3 nitrogen and oxygen atoms in total. The summed E-state index contributed by atoms with van der Waals surface area (Å²) in [7, 11) is 0. The third-order valence-electron chi connectivity index (χ3n) is 3.54. The van der Waals surface area contributed by atoms with Gasteiger partial charge in [-0.05, 0) is 26.3 Å². The minimum Gasteiger partial charge on any atom is -0.335 e. The molecule has 0 unspecified atom stereocenters. The fourth-order valence-electron chi connectivity index (χ4n) is 2.56. The SMILES string of the molecule is CC(C)(C)n1oc(=O)c(-c2ccccc2)c1-c1ccccc1. The third kappa shape index (κ3) is 2.50. The van der Waals surface area contributed by atoms with Crippen LogP contribution in [0.3, 0.4) is 0 Å². The van der Waals surface area contributed by atoms with Crippen LogP contribution in [0, 0.1) is 0 Å². The summed E-state index contributed by atoms with van der Waals surface area (Å²) in [6, 6.07) is 19.6. The van der Waals surface area contributed by atoms with Crippen molar-refractivity contribution in [2.75, 3.05) is 0 Å². The second kappa shape index (κ2) is 5.34. The molecule has 0 bridgehead atoms. The van der Waals surface area contributed by atoms with Crippen molar-refractivity contribution < 1.29 is 4.52 Å². The highest BCUT2D eigenvalue weighted by molar-refractivity contribution is 5.80. The molecule has 0 spiro atoms. The highest BCUT2D eigenvalue weighted by Crippen LogP contribution is 2.33. The molecular weight excluding hydrogens is 274 g/mol. The lowest BCUT2D eigenvalue weighted by Gasteiger charge is -2.21. The first-order valence-corrected chi connectivity index (χ1v) is 7.36. The Morgan fingerprint density at radius 3 is 1.82 bits per heavy atom. The molecule has 0 saturated heterocycles. The van der Waals surface area contributed by atoms with E-state index < -0.39 is 0 Å². The van der Waals surface area contributed by atoms with Crippen molar-refractivity contribution in [2.45, 2.75) is 26.3 Å². The molecule has 0 aliphatic rings. The molecular formula is C19H19NO2. The summed E-state index contributed by atoms with van der Waals surface area (Å²) >= 11 is 0. The molecule has 3 rings (SSSR count). The summed E-state index contributed by atoms with van der Waals surface area (Å²) < 4.78 is 7.30. The number of hydrogen-bond donors (Lipinski definition) is 0. The fourth-order valence-corrected chi connectivity index (χ4v) is 2.56. The van der Waals surface area contributed by atoms with E-state index in [-0.39, 0.29) is 11.2 Å². The molecule has 0 atom stereocenters. The Labute approximate surface area is 129 Å². The van der Waals surface area contributed by atoms with Crippen LogP contribution in [0.2, 0.25) is 0 Å². The summed E-state index contributed by atoms with van der Waals surface area (Å²) in [4.78, 5) is 12.5. The quantitative estimate of drug-likeness (QED) is 0.695. The van der Waals surface area contributed by atoms with Gasteiger partial charge in [0, 0.05) is 5.56 Å². The standard InChI is InChI=1S/C19H19NO2/c1-19(2,3)20-17(15-12-8-5-9-13-15)16(18(21)22-20)14-10-6-4-7-11-14/h4-13H,1-3H3. The van der Waals surface area contributed by atoms with Gasteiger partial charge in [-0.25, -0.2) is 4.79 Å². The predicted molar refractivity (Wildman–Crippen MR) is 88.8 cm³/mol. The first-order valence-electron chi connectivity index (χ1n) is 7.36. The highest BCUT2D eigenvalue weighted by atomic mass is 16.5. The van der Waals surface area contributed by atoms with Crippen LogP contribution >= 0.6 is 0 Å². The molecule has 0 radical (unpaired) electrons. The van der Waals surface area contributed by atoms with E-state index >= 15 is 0 Å². The molecule has 22 heavy (non-hydrogen) atoms. The topological polar surface area (TPSA) is 35.1 Å². The Morgan fingerprint density at radius 2 is 1.32 bits per heavy atom. The largest absolute Gasteiger partial charge is 0.365 e. The molecule has 0 amide bonds. The van der Waals surface area contributed by atoms with Gasteiger partial charge in [0.25, 0.3) is 0 Å². The van der Waals surface area contributed by atoms with E-state index in [1.807, 2.05) is 81.4 Å². The smallest absolute Gasteiger partial charge is 0.335 e. The first-order chi connectivity index (χ1) is 10.5. The lowest BCUT2D eigenvalue weighted by molar-refractivity contribution is 0.158. The van der Waals surface area contributed by atoms with Gasteiger partial charge in [0.15, 0.2) is 0 Å². The molecule has 1 aromatic heterocycles. The monoisotopic (exact) mass is 293 g/mol. The lowest BCUT2D eigenvalue weighted by Crippen LogP contribution is -2.22. The maximum Gasteiger partial charge on any atom is 0.365 e. The number of aromatic nitrogens is 1. The highest BCUT2D eigenvalue weighted by Gasteiger charge is 2.26. The van der Waals surface area contributed by atoms with Gasteiger partial charge in [0.05, 0.1) is 16.8 Å². The van der Waals surface area contributed by atoms with Gasteiger partial charge >= 0.3 is 5.63 Å². The van der Waals surface area contributed by atoms with Crippen LogP contribution in [0.4, 0.5) is 0 Å². The van der Waals surface area contributed by atoms with Crippen LogP contribution in [-0.4, -0.2) is 4.74 Å². The summed E-state index contributed by atoms with van der Waals surface area (Å²) in [5, 5.41) is 0. The third-order valence-corrected chi connectivity index (χ3v) is 3.54. The fraction of sp³-hybridized carbons (Fsp3) is 0.211. The molecule has 0 aliphatic carbocycles. The Balaban J connectivity index is 2.36. The van der Waals surface area contributed by atoms with Crippen LogP contribution in [0.5, 0.6) is 0 Å². The Morgan fingerprint density at radius 1 is 0.818 bits per heavy atom. The van der Waals surface area contributed by atoms with E-state index in [9.17, 15) is 4.79 Å². The molecule has 3 aromatic rings. The molecule has 0 fully saturated rings. The Kier molecular flexibility index (Phi) is 3.49. The van der Waals surface area contributed by atoms with Gasteiger partial charge < -0.3 is 4.52 Å². The Hall–Kier alpha value is -2.55. The number of benzene rings is 2. The lowest BCUT2D eigenvalue weighted by atomic mass is 9.99.